The third kappa shape index (κ3) is 5.21. The minimum absolute atomic E-state index is 0.278. The standard InChI is InChI=1S/C13H18O2S/c1-10-6-11(2)8-12(7-10)9-16-5-3-4-13(14)15/h6-8H,3-5,9H2,1-2H3,(H,14,15). The molecule has 1 aromatic carbocycles. The molecule has 0 saturated heterocycles. The number of carbonyl (C=O) groups is 1. The first-order valence-corrected chi connectivity index (χ1v) is 6.60. The number of aryl methyl sites for hydroxylation is 2. The normalized spacial score (nSPS) is 10.4. The summed E-state index contributed by atoms with van der Waals surface area (Å²) in [5, 5.41) is 8.49. The Morgan fingerprint density at radius 2 is 1.88 bits per heavy atom. The van der Waals surface area contributed by atoms with Crippen molar-refractivity contribution in [1.29, 1.82) is 0 Å². The van der Waals surface area contributed by atoms with Gasteiger partial charge in [-0.3, -0.25) is 4.79 Å². The molecule has 0 aliphatic heterocycles. The zero-order valence-corrected chi connectivity index (χ0v) is 10.6. The number of thioether (sulfide) groups is 1. The summed E-state index contributed by atoms with van der Waals surface area (Å²) in [5.41, 5.74) is 3.92. The minimum atomic E-state index is -0.702. The summed E-state index contributed by atoms with van der Waals surface area (Å²) in [6.45, 7) is 4.21. The van der Waals surface area contributed by atoms with Gasteiger partial charge < -0.3 is 5.11 Å². The van der Waals surface area contributed by atoms with Gasteiger partial charge in [0.2, 0.25) is 0 Å². The number of carboxylic acids is 1. The molecule has 0 unspecified atom stereocenters. The Morgan fingerprint density at radius 3 is 2.44 bits per heavy atom. The Bertz CT molecular complexity index is 341. The first kappa shape index (κ1) is 13.1. The molecule has 2 nitrogen and oxygen atoms in total. The quantitative estimate of drug-likeness (QED) is 0.772. The average molecular weight is 238 g/mol. The van der Waals surface area contributed by atoms with Crippen molar-refractivity contribution >= 4 is 17.7 Å². The number of carboxylic acid groups (broad SMARTS) is 1. The summed E-state index contributed by atoms with van der Waals surface area (Å²) in [7, 11) is 0. The SMILES string of the molecule is Cc1cc(C)cc(CSCCCC(=O)O)c1. The van der Waals surface area contributed by atoms with Gasteiger partial charge in [0.1, 0.15) is 0 Å². The van der Waals surface area contributed by atoms with E-state index in [-0.39, 0.29) is 6.42 Å². The van der Waals surface area contributed by atoms with Crippen LogP contribution in [0.3, 0.4) is 0 Å². The molecule has 1 N–H and O–H groups in total. The summed E-state index contributed by atoms with van der Waals surface area (Å²) in [6.07, 6.45) is 1.03. The highest BCUT2D eigenvalue weighted by Crippen LogP contribution is 2.16. The predicted octanol–water partition coefficient (Wildman–Crippen LogP) is 3.40. The van der Waals surface area contributed by atoms with Gasteiger partial charge in [-0.05, 0) is 31.6 Å². The second-order valence-electron chi connectivity index (χ2n) is 4.05. The summed E-state index contributed by atoms with van der Waals surface area (Å²) < 4.78 is 0. The molecule has 16 heavy (non-hydrogen) atoms. The Labute approximate surface area is 101 Å². The molecule has 0 radical (unpaired) electrons. The van der Waals surface area contributed by atoms with Gasteiger partial charge in [0.05, 0.1) is 0 Å². The van der Waals surface area contributed by atoms with E-state index >= 15 is 0 Å². The van der Waals surface area contributed by atoms with Crippen LogP contribution in [0.25, 0.3) is 0 Å². The number of aliphatic carboxylic acids is 1. The van der Waals surface area contributed by atoms with Crippen molar-refractivity contribution in [3.8, 4) is 0 Å². The molecule has 0 atom stereocenters. The topological polar surface area (TPSA) is 37.3 Å². The average Bonchev–Trinajstić information content (AvgIpc) is 2.15. The maximum absolute atomic E-state index is 10.3. The van der Waals surface area contributed by atoms with Crippen LogP contribution in [0.4, 0.5) is 0 Å². The summed E-state index contributed by atoms with van der Waals surface area (Å²) in [6, 6.07) is 6.55. The van der Waals surface area contributed by atoms with E-state index in [1.165, 1.54) is 16.7 Å². The molecule has 88 valence electrons. The van der Waals surface area contributed by atoms with Gasteiger partial charge in [-0.1, -0.05) is 29.3 Å². The second-order valence-corrected chi connectivity index (χ2v) is 5.15. The van der Waals surface area contributed by atoms with Crippen molar-refractivity contribution in [2.24, 2.45) is 0 Å². The number of rotatable bonds is 6. The smallest absolute Gasteiger partial charge is 0.303 e. The van der Waals surface area contributed by atoms with Crippen LogP contribution in [0.15, 0.2) is 18.2 Å². The van der Waals surface area contributed by atoms with Crippen molar-refractivity contribution in [3.63, 3.8) is 0 Å². The first-order chi connectivity index (χ1) is 7.58. The van der Waals surface area contributed by atoms with Crippen LogP contribution in [0.2, 0.25) is 0 Å². The van der Waals surface area contributed by atoms with Gasteiger partial charge in [0, 0.05) is 12.2 Å². The van der Waals surface area contributed by atoms with E-state index in [1.54, 1.807) is 11.8 Å². The van der Waals surface area contributed by atoms with Crippen LogP contribution in [0.5, 0.6) is 0 Å². The van der Waals surface area contributed by atoms with Crippen LogP contribution >= 0.6 is 11.8 Å². The monoisotopic (exact) mass is 238 g/mol. The third-order valence-corrected chi connectivity index (χ3v) is 3.34. The molecule has 0 aliphatic carbocycles. The van der Waals surface area contributed by atoms with Crippen molar-refractivity contribution < 1.29 is 9.90 Å². The largest absolute Gasteiger partial charge is 0.481 e. The lowest BCUT2D eigenvalue weighted by Crippen LogP contribution is -1.95. The maximum Gasteiger partial charge on any atom is 0.303 e. The van der Waals surface area contributed by atoms with Gasteiger partial charge in [0.15, 0.2) is 0 Å². The van der Waals surface area contributed by atoms with Crippen LogP contribution in [-0.4, -0.2) is 16.8 Å². The van der Waals surface area contributed by atoms with E-state index in [1.807, 2.05) is 0 Å². The molecule has 1 aromatic rings. The molecule has 0 aliphatic rings. The van der Waals surface area contributed by atoms with Gasteiger partial charge in [-0.2, -0.15) is 11.8 Å². The Morgan fingerprint density at radius 1 is 1.25 bits per heavy atom. The van der Waals surface area contributed by atoms with Gasteiger partial charge in [-0.25, -0.2) is 0 Å². The highest BCUT2D eigenvalue weighted by molar-refractivity contribution is 7.98. The number of hydrogen-bond acceptors (Lipinski definition) is 2. The molecular formula is C13H18O2S. The molecule has 0 amide bonds. The van der Waals surface area contributed by atoms with E-state index in [9.17, 15) is 4.79 Å². The van der Waals surface area contributed by atoms with E-state index in [2.05, 4.69) is 32.0 Å². The molecule has 1 rings (SSSR count). The molecule has 0 saturated carbocycles. The molecule has 0 spiro atoms. The molecule has 0 heterocycles. The Hall–Kier alpha value is -0.960. The lowest BCUT2D eigenvalue weighted by Gasteiger charge is -2.04. The van der Waals surface area contributed by atoms with Crippen molar-refractivity contribution in [2.75, 3.05) is 5.75 Å². The zero-order chi connectivity index (χ0) is 12.0. The molecule has 0 bridgehead atoms. The highest BCUT2D eigenvalue weighted by Gasteiger charge is 1.99. The van der Waals surface area contributed by atoms with Gasteiger partial charge in [-0.15, -0.1) is 0 Å². The van der Waals surface area contributed by atoms with E-state index in [4.69, 9.17) is 5.11 Å². The van der Waals surface area contributed by atoms with E-state index in [0.29, 0.717) is 0 Å². The second kappa shape index (κ2) is 6.59. The molecule has 3 heteroatoms. The first-order valence-electron chi connectivity index (χ1n) is 5.44. The summed E-state index contributed by atoms with van der Waals surface area (Å²) >= 11 is 1.80. The van der Waals surface area contributed by atoms with Crippen LogP contribution in [0.1, 0.15) is 29.5 Å². The van der Waals surface area contributed by atoms with Crippen LogP contribution < -0.4 is 0 Å². The van der Waals surface area contributed by atoms with Gasteiger partial charge >= 0.3 is 5.97 Å². The fraction of sp³-hybridized carbons (Fsp3) is 0.462. The number of benzene rings is 1. The maximum atomic E-state index is 10.3. The molecule has 0 aromatic heterocycles. The Kier molecular flexibility index (Phi) is 5.39. The Balaban J connectivity index is 2.29. The van der Waals surface area contributed by atoms with E-state index < -0.39 is 5.97 Å². The highest BCUT2D eigenvalue weighted by atomic mass is 32.2. The lowest BCUT2D eigenvalue weighted by molar-refractivity contribution is -0.137. The minimum Gasteiger partial charge on any atom is -0.481 e. The van der Waals surface area contributed by atoms with Crippen LogP contribution in [0, 0.1) is 13.8 Å². The van der Waals surface area contributed by atoms with E-state index in [0.717, 1.165) is 17.9 Å². The predicted molar refractivity (Wildman–Crippen MR) is 68.9 cm³/mol. The third-order valence-electron chi connectivity index (χ3n) is 2.23. The fourth-order valence-electron chi connectivity index (χ4n) is 1.67. The van der Waals surface area contributed by atoms with Crippen molar-refractivity contribution in [3.05, 3.63) is 34.9 Å². The number of hydrogen-bond donors (Lipinski definition) is 1. The van der Waals surface area contributed by atoms with Gasteiger partial charge in [0.25, 0.3) is 0 Å². The lowest BCUT2D eigenvalue weighted by atomic mass is 10.1. The zero-order valence-electron chi connectivity index (χ0n) is 9.82. The summed E-state index contributed by atoms with van der Waals surface area (Å²) in [5.74, 6) is 1.19. The van der Waals surface area contributed by atoms with Crippen molar-refractivity contribution in [2.45, 2.75) is 32.4 Å². The van der Waals surface area contributed by atoms with Crippen LogP contribution in [-0.2, 0) is 10.5 Å². The molecule has 0 fully saturated rings. The summed E-state index contributed by atoms with van der Waals surface area (Å²) in [4.78, 5) is 10.3. The van der Waals surface area contributed by atoms with Crippen molar-refractivity contribution in [1.82, 2.24) is 0 Å². The fourth-order valence-corrected chi connectivity index (χ4v) is 2.56. The molecular weight excluding hydrogens is 220 g/mol.